The number of nitrogens with zero attached hydrogens (tertiary/aromatic N) is 2. The Morgan fingerprint density at radius 1 is 0.462 bits per heavy atom. The van der Waals surface area contributed by atoms with Gasteiger partial charge in [0.25, 0.3) is 0 Å². The molecule has 0 amide bonds. The number of hydrogen-bond acceptors (Lipinski definition) is 3. The van der Waals surface area contributed by atoms with Crippen molar-refractivity contribution < 1.29 is 4.79 Å². The van der Waals surface area contributed by atoms with E-state index in [9.17, 15) is 0 Å². The van der Waals surface area contributed by atoms with Gasteiger partial charge in [-0.2, -0.15) is 0 Å². The van der Waals surface area contributed by atoms with Gasteiger partial charge < -0.3 is 4.79 Å². The van der Waals surface area contributed by atoms with Gasteiger partial charge in [0.05, 0.1) is 11.4 Å². The minimum absolute atomic E-state index is 1.03. The predicted molar refractivity (Wildman–Crippen MR) is 106 cm³/mol. The van der Waals surface area contributed by atoms with Crippen LogP contribution in [-0.2, 0) is 4.79 Å². The summed E-state index contributed by atoms with van der Waals surface area (Å²) in [4.78, 5) is 16.5. The lowest BCUT2D eigenvalue weighted by Gasteiger charge is -1.97. The van der Waals surface area contributed by atoms with Gasteiger partial charge in [0.15, 0.2) is 0 Å². The average Bonchev–Trinajstić information content (AvgIpc) is 2.78. The molecular weight excluding hydrogens is 320 g/mol. The zero-order chi connectivity index (χ0) is 18.5. The molecule has 0 aliphatic carbocycles. The molecule has 0 bridgehead atoms. The van der Waals surface area contributed by atoms with Gasteiger partial charge in [-0.25, -0.2) is 0 Å². The van der Waals surface area contributed by atoms with Crippen molar-refractivity contribution >= 4 is 6.79 Å². The fourth-order valence-electron chi connectivity index (χ4n) is 2.28. The van der Waals surface area contributed by atoms with E-state index in [1.807, 2.05) is 92.0 Å². The molecule has 26 heavy (non-hydrogen) atoms. The monoisotopic (exact) mass is 340 g/mol. The Balaban J connectivity index is 0.000000171. The molecule has 0 atom stereocenters. The molecule has 2 aromatic carbocycles. The Bertz CT molecular complexity index is 701. The molecule has 0 fully saturated rings. The highest BCUT2D eigenvalue weighted by Gasteiger charge is 1.94. The van der Waals surface area contributed by atoms with E-state index in [1.165, 1.54) is 0 Å². The van der Waals surface area contributed by atoms with Crippen LogP contribution in [0.2, 0.25) is 0 Å². The Kier molecular flexibility index (Phi) is 7.97. The predicted octanol–water partition coefficient (Wildman–Crippen LogP) is 5.31. The first-order valence-electron chi connectivity index (χ1n) is 8.15. The van der Waals surface area contributed by atoms with Crippen molar-refractivity contribution in [2.45, 2.75) is 0 Å². The van der Waals surface area contributed by atoms with Gasteiger partial charge in [-0.05, 0) is 24.3 Å². The zero-order valence-corrected chi connectivity index (χ0v) is 14.4. The van der Waals surface area contributed by atoms with E-state index in [0.717, 1.165) is 22.5 Å². The van der Waals surface area contributed by atoms with Gasteiger partial charge in [0, 0.05) is 23.5 Å². The number of hydrogen-bond donors (Lipinski definition) is 0. The standard InChI is InChI=1S/2C11H9N.CH2O/c2*1-2-6-10(7-3-1)11-8-4-5-9-12-11;1-2/h2*1-9H;1H2. The van der Waals surface area contributed by atoms with Crippen molar-refractivity contribution in [1.29, 1.82) is 0 Å². The molecule has 128 valence electrons. The summed E-state index contributed by atoms with van der Waals surface area (Å²) in [5.41, 5.74) is 4.38. The summed E-state index contributed by atoms with van der Waals surface area (Å²) in [5.74, 6) is 0. The largest absolute Gasteiger partial charge is 0.307 e. The number of aromatic nitrogens is 2. The summed E-state index contributed by atoms with van der Waals surface area (Å²) in [6.07, 6.45) is 3.62. The maximum atomic E-state index is 8.00. The Morgan fingerprint density at radius 2 is 0.808 bits per heavy atom. The molecular formula is C23H20N2O. The van der Waals surface area contributed by atoms with Crippen LogP contribution in [0.1, 0.15) is 0 Å². The maximum Gasteiger partial charge on any atom is 0.106 e. The molecule has 3 nitrogen and oxygen atoms in total. The lowest BCUT2D eigenvalue weighted by atomic mass is 10.1. The third kappa shape index (κ3) is 5.80. The molecule has 0 spiro atoms. The second-order valence-electron chi connectivity index (χ2n) is 5.16. The van der Waals surface area contributed by atoms with Crippen molar-refractivity contribution in [2.75, 3.05) is 0 Å². The lowest BCUT2D eigenvalue weighted by Crippen LogP contribution is -1.79. The lowest BCUT2D eigenvalue weighted by molar-refractivity contribution is -0.0979. The van der Waals surface area contributed by atoms with Crippen LogP contribution in [-0.4, -0.2) is 16.8 Å². The van der Waals surface area contributed by atoms with Crippen molar-refractivity contribution in [2.24, 2.45) is 0 Å². The fraction of sp³-hybridized carbons (Fsp3) is 0. The Labute approximate surface area is 154 Å². The summed E-state index contributed by atoms with van der Waals surface area (Å²) in [6.45, 7) is 2.00. The van der Waals surface area contributed by atoms with E-state index in [-0.39, 0.29) is 0 Å². The minimum Gasteiger partial charge on any atom is -0.307 e. The van der Waals surface area contributed by atoms with E-state index in [1.54, 1.807) is 0 Å². The van der Waals surface area contributed by atoms with Crippen LogP contribution in [0.4, 0.5) is 0 Å². The topological polar surface area (TPSA) is 42.9 Å². The van der Waals surface area contributed by atoms with Crippen LogP contribution in [0.25, 0.3) is 22.5 Å². The van der Waals surface area contributed by atoms with Crippen molar-refractivity contribution in [1.82, 2.24) is 9.97 Å². The summed E-state index contributed by atoms with van der Waals surface area (Å²) >= 11 is 0. The second-order valence-corrected chi connectivity index (χ2v) is 5.16. The SMILES string of the molecule is C=O.c1ccc(-c2ccccn2)cc1.c1ccc(-c2ccccn2)cc1. The molecule has 0 saturated carbocycles. The van der Waals surface area contributed by atoms with E-state index in [2.05, 4.69) is 34.2 Å². The van der Waals surface area contributed by atoms with Crippen LogP contribution in [0.5, 0.6) is 0 Å². The van der Waals surface area contributed by atoms with Crippen molar-refractivity contribution in [3.63, 3.8) is 0 Å². The molecule has 4 rings (SSSR count). The molecule has 0 aliphatic heterocycles. The van der Waals surface area contributed by atoms with Crippen molar-refractivity contribution in [3.05, 3.63) is 109 Å². The van der Waals surface area contributed by atoms with E-state index in [0.29, 0.717) is 0 Å². The molecule has 0 saturated heterocycles. The van der Waals surface area contributed by atoms with Gasteiger partial charge in [0.2, 0.25) is 0 Å². The molecule has 4 aromatic rings. The van der Waals surface area contributed by atoms with Crippen LogP contribution < -0.4 is 0 Å². The number of carbonyl (C=O) groups is 1. The van der Waals surface area contributed by atoms with Gasteiger partial charge in [0.1, 0.15) is 6.79 Å². The summed E-state index contributed by atoms with van der Waals surface area (Å²) in [5, 5.41) is 0. The smallest absolute Gasteiger partial charge is 0.106 e. The molecule has 2 heterocycles. The van der Waals surface area contributed by atoms with Gasteiger partial charge in [-0.1, -0.05) is 72.8 Å². The van der Waals surface area contributed by atoms with Crippen LogP contribution in [0, 0.1) is 0 Å². The molecule has 3 heteroatoms. The minimum atomic E-state index is 1.03. The third-order valence-electron chi connectivity index (χ3n) is 3.47. The summed E-state index contributed by atoms with van der Waals surface area (Å²) in [7, 11) is 0. The maximum absolute atomic E-state index is 8.00. The van der Waals surface area contributed by atoms with Crippen molar-refractivity contribution in [3.8, 4) is 22.5 Å². The first-order valence-corrected chi connectivity index (χ1v) is 8.15. The highest BCUT2D eigenvalue weighted by atomic mass is 16.1. The van der Waals surface area contributed by atoms with Gasteiger partial charge in [-0.15, -0.1) is 0 Å². The van der Waals surface area contributed by atoms with E-state index >= 15 is 0 Å². The quantitative estimate of drug-likeness (QED) is 0.496. The molecule has 0 N–H and O–H groups in total. The molecule has 0 aliphatic rings. The van der Waals surface area contributed by atoms with Crippen LogP contribution >= 0.6 is 0 Å². The molecule has 0 unspecified atom stereocenters. The Hall–Kier alpha value is -3.59. The normalized spacial score (nSPS) is 9.08. The van der Waals surface area contributed by atoms with Crippen LogP contribution in [0.15, 0.2) is 109 Å². The third-order valence-corrected chi connectivity index (χ3v) is 3.47. The van der Waals surface area contributed by atoms with Gasteiger partial charge in [-0.3, -0.25) is 9.97 Å². The highest BCUT2D eigenvalue weighted by molar-refractivity contribution is 5.58. The number of benzene rings is 2. The fourth-order valence-corrected chi connectivity index (χ4v) is 2.28. The summed E-state index contributed by atoms with van der Waals surface area (Å²) < 4.78 is 0. The first-order chi connectivity index (χ1) is 12.9. The first kappa shape index (κ1) is 18.7. The Morgan fingerprint density at radius 3 is 1.12 bits per heavy atom. The van der Waals surface area contributed by atoms with E-state index < -0.39 is 0 Å². The van der Waals surface area contributed by atoms with E-state index in [4.69, 9.17) is 4.79 Å². The summed E-state index contributed by atoms with van der Waals surface area (Å²) in [6, 6.07) is 32.2. The highest BCUT2D eigenvalue weighted by Crippen LogP contribution is 2.15. The number of carbonyl (C=O) groups excluding carboxylic acids is 1. The average molecular weight is 340 g/mol. The van der Waals surface area contributed by atoms with Gasteiger partial charge >= 0.3 is 0 Å². The van der Waals surface area contributed by atoms with Crippen LogP contribution in [0.3, 0.4) is 0 Å². The number of rotatable bonds is 2. The molecule has 0 radical (unpaired) electrons. The zero-order valence-electron chi connectivity index (χ0n) is 14.4. The molecule has 2 aromatic heterocycles. The number of pyridine rings is 2. The second kappa shape index (κ2) is 11.0.